The summed E-state index contributed by atoms with van der Waals surface area (Å²) in [6.07, 6.45) is 1.27. The van der Waals surface area contributed by atoms with E-state index in [9.17, 15) is 0 Å². The summed E-state index contributed by atoms with van der Waals surface area (Å²) in [7, 11) is 0. The first-order valence-corrected chi connectivity index (χ1v) is 4.71. The molecule has 0 radical (unpaired) electrons. The Bertz CT molecular complexity index is 114. The number of nitrogens with zero attached hydrogens (tertiary/aromatic N) is 1. The molecule has 66 valence electrons. The lowest BCUT2D eigenvalue weighted by molar-refractivity contribution is 0.155. The maximum atomic E-state index is 3.45. The topological polar surface area (TPSA) is 15.3 Å². The van der Waals surface area contributed by atoms with E-state index in [2.05, 4.69) is 31.0 Å². The van der Waals surface area contributed by atoms with Gasteiger partial charge >= 0.3 is 0 Å². The molecule has 0 saturated carbocycles. The average Bonchev–Trinajstić information content (AvgIpc) is 2.03. The monoisotopic (exact) mass is 156 g/mol. The predicted octanol–water partition coefficient (Wildman–Crippen LogP) is 1.08. The van der Waals surface area contributed by atoms with Crippen LogP contribution in [0.1, 0.15) is 27.2 Å². The minimum absolute atomic E-state index is 0.678. The second-order valence-electron chi connectivity index (χ2n) is 3.61. The van der Waals surface area contributed by atoms with Crippen molar-refractivity contribution in [3.05, 3.63) is 0 Å². The quantitative estimate of drug-likeness (QED) is 0.643. The molecule has 2 heteroatoms. The van der Waals surface area contributed by atoms with Crippen LogP contribution in [0.5, 0.6) is 0 Å². The Morgan fingerprint density at radius 2 is 2.36 bits per heavy atom. The van der Waals surface area contributed by atoms with Crippen molar-refractivity contribution < 1.29 is 0 Å². The SMILES string of the molecule is CCC(C)N1CCN[C@H](C)C1. The molecular formula is C9H20N2. The van der Waals surface area contributed by atoms with Crippen LogP contribution in [0.15, 0.2) is 0 Å². The number of piperazine rings is 1. The Hall–Kier alpha value is -0.0800. The summed E-state index contributed by atoms with van der Waals surface area (Å²) in [4.78, 5) is 2.57. The average molecular weight is 156 g/mol. The molecule has 0 aromatic carbocycles. The Balaban J connectivity index is 2.33. The van der Waals surface area contributed by atoms with E-state index in [1.54, 1.807) is 0 Å². The van der Waals surface area contributed by atoms with Crippen LogP contribution >= 0.6 is 0 Å². The van der Waals surface area contributed by atoms with E-state index >= 15 is 0 Å². The zero-order chi connectivity index (χ0) is 8.27. The van der Waals surface area contributed by atoms with Crippen LogP contribution in [0.2, 0.25) is 0 Å². The molecule has 2 nitrogen and oxygen atoms in total. The molecule has 0 aromatic heterocycles. The molecule has 11 heavy (non-hydrogen) atoms. The Morgan fingerprint density at radius 3 is 2.91 bits per heavy atom. The molecule has 1 unspecified atom stereocenters. The van der Waals surface area contributed by atoms with Gasteiger partial charge in [0.15, 0.2) is 0 Å². The fourth-order valence-corrected chi connectivity index (χ4v) is 1.62. The van der Waals surface area contributed by atoms with E-state index in [0.29, 0.717) is 6.04 Å². The van der Waals surface area contributed by atoms with Gasteiger partial charge in [0.05, 0.1) is 0 Å². The fourth-order valence-electron chi connectivity index (χ4n) is 1.62. The van der Waals surface area contributed by atoms with Crippen molar-refractivity contribution in [2.24, 2.45) is 0 Å². The largest absolute Gasteiger partial charge is 0.312 e. The van der Waals surface area contributed by atoms with Gasteiger partial charge in [-0.3, -0.25) is 4.90 Å². The minimum Gasteiger partial charge on any atom is -0.312 e. The molecule has 1 heterocycles. The summed E-state index contributed by atoms with van der Waals surface area (Å²) in [5.41, 5.74) is 0. The van der Waals surface area contributed by atoms with Gasteiger partial charge in [-0.1, -0.05) is 6.92 Å². The van der Waals surface area contributed by atoms with Crippen LogP contribution < -0.4 is 5.32 Å². The minimum atomic E-state index is 0.678. The number of hydrogen-bond acceptors (Lipinski definition) is 2. The molecule has 1 rings (SSSR count). The van der Waals surface area contributed by atoms with Crippen LogP contribution in [-0.2, 0) is 0 Å². The van der Waals surface area contributed by atoms with Gasteiger partial charge in [0, 0.05) is 31.7 Å². The maximum Gasteiger partial charge on any atom is 0.0167 e. The number of rotatable bonds is 2. The summed E-state index contributed by atoms with van der Waals surface area (Å²) in [6.45, 7) is 10.4. The molecule has 0 aliphatic carbocycles. The highest BCUT2D eigenvalue weighted by molar-refractivity contribution is 4.77. The highest BCUT2D eigenvalue weighted by Crippen LogP contribution is 2.06. The van der Waals surface area contributed by atoms with E-state index in [1.165, 1.54) is 19.5 Å². The zero-order valence-electron chi connectivity index (χ0n) is 7.93. The molecule has 1 aliphatic rings. The lowest BCUT2D eigenvalue weighted by Gasteiger charge is -2.35. The highest BCUT2D eigenvalue weighted by Gasteiger charge is 2.18. The molecule has 0 bridgehead atoms. The summed E-state index contributed by atoms with van der Waals surface area (Å²) < 4.78 is 0. The zero-order valence-corrected chi connectivity index (χ0v) is 7.93. The second-order valence-corrected chi connectivity index (χ2v) is 3.61. The third kappa shape index (κ3) is 2.46. The lowest BCUT2D eigenvalue weighted by Crippen LogP contribution is -2.51. The Morgan fingerprint density at radius 1 is 1.64 bits per heavy atom. The van der Waals surface area contributed by atoms with E-state index in [0.717, 1.165) is 12.6 Å². The van der Waals surface area contributed by atoms with Crippen molar-refractivity contribution in [1.29, 1.82) is 0 Å². The van der Waals surface area contributed by atoms with E-state index in [1.807, 2.05) is 0 Å². The van der Waals surface area contributed by atoms with Crippen molar-refractivity contribution in [3.8, 4) is 0 Å². The molecular weight excluding hydrogens is 136 g/mol. The molecule has 0 amide bonds. The molecule has 2 atom stereocenters. The van der Waals surface area contributed by atoms with E-state index in [-0.39, 0.29) is 0 Å². The van der Waals surface area contributed by atoms with Gasteiger partial charge in [0.1, 0.15) is 0 Å². The first-order chi connectivity index (χ1) is 5.24. The molecule has 1 aliphatic heterocycles. The molecule has 1 N–H and O–H groups in total. The Labute approximate surface area is 70.0 Å². The molecule has 0 aromatic rings. The molecule has 0 spiro atoms. The fraction of sp³-hybridized carbons (Fsp3) is 1.00. The van der Waals surface area contributed by atoms with Gasteiger partial charge in [-0.05, 0) is 20.3 Å². The van der Waals surface area contributed by atoms with Crippen molar-refractivity contribution in [2.75, 3.05) is 19.6 Å². The van der Waals surface area contributed by atoms with E-state index < -0.39 is 0 Å². The normalized spacial score (nSPS) is 30.3. The van der Waals surface area contributed by atoms with Crippen molar-refractivity contribution >= 4 is 0 Å². The summed E-state index contributed by atoms with van der Waals surface area (Å²) >= 11 is 0. The lowest BCUT2D eigenvalue weighted by atomic mass is 10.1. The smallest absolute Gasteiger partial charge is 0.0167 e. The summed E-state index contributed by atoms with van der Waals surface area (Å²) in [5, 5.41) is 3.45. The Kier molecular flexibility index (Phi) is 3.34. The number of hydrogen-bond donors (Lipinski definition) is 1. The number of nitrogens with one attached hydrogen (secondary N) is 1. The molecule has 1 fully saturated rings. The predicted molar refractivity (Wildman–Crippen MR) is 48.8 cm³/mol. The maximum absolute atomic E-state index is 3.45. The first kappa shape index (κ1) is 9.01. The van der Waals surface area contributed by atoms with Gasteiger partial charge < -0.3 is 5.32 Å². The van der Waals surface area contributed by atoms with Crippen molar-refractivity contribution in [1.82, 2.24) is 10.2 Å². The standard InChI is InChI=1S/C9H20N2/c1-4-9(3)11-6-5-10-8(2)7-11/h8-10H,4-7H2,1-3H3/t8-,9?/m1/s1. The van der Waals surface area contributed by atoms with Crippen LogP contribution in [0, 0.1) is 0 Å². The third-order valence-corrected chi connectivity index (χ3v) is 2.61. The second kappa shape index (κ2) is 4.07. The molecule has 1 saturated heterocycles. The van der Waals surface area contributed by atoms with Crippen LogP contribution in [0.4, 0.5) is 0 Å². The summed E-state index contributed by atoms with van der Waals surface area (Å²) in [6, 6.07) is 1.44. The van der Waals surface area contributed by atoms with Gasteiger partial charge in [0.25, 0.3) is 0 Å². The van der Waals surface area contributed by atoms with Crippen LogP contribution in [-0.4, -0.2) is 36.6 Å². The van der Waals surface area contributed by atoms with Crippen LogP contribution in [0.25, 0.3) is 0 Å². The third-order valence-electron chi connectivity index (χ3n) is 2.61. The highest BCUT2D eigenvalue weighted by atomic mass is 15.2. The van der Waals surface area contributed by atoms with Gasteiger partial charge in [0.2, 0.25) is 0 Å². The summed E-state index contributed by atoms with van der Waals surface area (Å²) in [5.74, 6) is 0. The van der Waals surface area contributed by atoms with Crippen molar-refractivity contribution in [2.45, 2.75) is 39.3 Å². The first-order valence-electron chi connectivity index (χ1n) is 4.71. The van der Waals surface area contributed by atoms with Crippen LogP contribution in [0.3, 0.4) is 0 Å². The van der Waals surface area contributed by atoms with Gasteiger partial charge in [-0.2, -0.15) is 0 Å². The van der Waals surface area contributed by atoms with E-state index in [4.69, 9.17) is 0 Å². The van der Waals surface area contributed by atoms with Gasteiger partial charge in [-0.15, -0.1) is 0 Å². The van der Waals surface area contributed by atoms with Gasteiger partial charge in [-0.25, -0.2) is 0 Å². The van der Waals surface area contributed by atoms with Crippen molar-refractivity contribution in [3.63, 3.8) is 0 Å².